The van der Waals surface area contributed by atoms with E-state index < -0.39 is 11.7 Å². The molecule has 0 atom stereocenters. The molecule has 112 valence electrons. The maximum absolute atomic E-state index is 12.8. The van der Waals surface area contributed by atoms with Gasteiger partial charge in [-0.2, -0.15) is 13.2 Å². The molecule has 21 heavy (non-hydrogen) atoms. The van der Waals surface area contributed by atoms with E-state index in [0.29, 0.717) is 23.7 Å². The van der Waals surface area contributed by atoms with Crippen LogP contribution < -0.4 is 15.8 Å². The minimum atomic E-state index is -4.47. The Bertz CT molecular complexity index is 609. The third-order valence-electron chi connectivity index (χ3n) is 2.81. The molecule has 0 saturated heterocycles. The van der Waals surface area contributed by atoms with Crippen molar-refractivity contribution in [2.75, 3.05) is 17.7 Å². The molecule has 0 saturated carbocycles. The lowest BCUT2D eigenvalue weighted by Crippen LogP contribution is -2.09. The number of hydrogen-bond donors (Lipinski definition) is 2. The van der Waals surface area contributed by atoms with E-state index in [9.17, 15) is 13.2 Å². The topological polar surface area (TPSA) is 47.3 Å². The van der Waals surface area contributed by atoms with E-state index in [1.807, 2.05) is 6.92 Å². The minimum absolute atomic E-state index is 0.292. The SMILES string of the molecule is CCOc1ccc(Nc2ccc(N)c(C(F)(F)F)c2)cc1. The molecule has 2 aromatic rings. The van der Waals surface area contributed by atoms with E-state index >= 15 is 0 Å². The highest BCUT2D eigenvalue weighted by Gasteiger charge is 2.33. The van der Waals surface area contributed by atoms with E-state index in [1.54, 1.807) is 24.3 Å². The Labute approximate surface area is 120 Å². The molecule has 3 nitrogen and oxygen atoms in total. The normalized spacial score (nSPS) is 11.2. The summed E-state index contributed by atoms with van der Waals surface area (Å²) in [7, 11) is 0. The standard InChI is InChI=1S/C15H15F3N2O/c1-2-21-12-6-3-10(4-7-12)20-11-5-8-14(19)13(9-11)15(16,17)18/h3-9,20H,2,19H2,1H3. The van der Waals surface area contributed by atoms with Crippen molar-refractivity contribution in [2.24, 2.45) is 0 Å². The van der Waals surface area contributed by atoms with Crippen molar-refractivity contribution in [1.29, 1.82) is 0 Å². The number of ether oxygens (including phenoxy) is 1. The molecule has 0 heterocycles. The Morgan fingerprint density at radius 3 is 2.24 bits per heavy atom. The quantitative estimate of drug-likeness (QED) is 0.820. The summed E-state index contributed by atoms with van der Waals surface area (Å²) in [4.78, 5) is 0. The fourth-order valence-electron chi connectivity index (χ4n) is 1.85. The molecule has 0 aliphatic carbocycles. The summed E-state index contributed by atoms with van der Waals surface area (Å²) in [6, 6.07) is 10.7. The second kappa shape index (κ2) is 5.95. The molecule has 0 bridgehead atoms. The molecule has 0 unspecified atom stereocenters. The molecule has 0 amide bonds. The summed E-state index contributed by atoms with van der Waals surface area (Å²) in [5.41, 5.74) is 5.20. The smallest absolute Gasteiger partial charge is 0.418 e. The fourth-order valence-corrected chi connectivity index (χ4v) is 1.85. The lowest BCUT2D eigenvalue weighted by molar-refractivity contribution is -0.136. The van der Waals surface area contributed by atoms with E-state index in [1.165, 1.54) is 12.1 Å². The van der Waals surface area contributed by atoms with Crippen molar-refractivity contribution in [2.45, 2.75) is 13.1 Å². The molecule has 0 radical (unpaired) electrons. The molecule has 0 fully saturated rings. The maximum Gasteiger partial charge on any atom is 0.418 e. The monoisotopic (exact) mass is 296 g/mol. The van der Waals surface area contributed by atoms with Crippen molar-refractivity contribution in [3.63, 3.8) is 0 Å². The van der Waals surface area contributed by atoms with Crippen LogP contribution in [0.3, 0.4) is 0 Å². The van der Waals surface area contributed by atoms with Crippen LogP contribution >= 0.6 is 0 Å². The van der Waals surface area contributed by atoms with Crippen LogP contribution in [0.15, 0.2) is 42.5 Å². The molecule has 0 spiro atoms. The fraction of sp³-hybridized carbons (Fsp3) is 0.200. The zero-order chi connectivity index (χ0) is 15.5. The van der Waals surface area contributed by atoms with Crippen molar-refractivity contribution in [3.8, 4) is 5.75 Å². The first-order valence-electron chi connectivity index (χ1n) is 6.36. The summed E-state index contributed by atoms with van der Waals surface area (Å²) >= 11 is 0. The van der Waals surface area contributed by atoms with Gasteiger partial charge in [0.05, 0.1) is 12.2 Å². The third-order valence-corrected chi connectivity index (χ3v) is 2.81. The Morgan fingerprint density at radius 2 is 1.67 bits per heavy atom. The molecule has 2 rings (SSSR count). The maximum atomic E-state index is 12.8. The summed E-state index contributed by atoms with van der Waals surface area (Å²) in [6.45, 7) is 2.43. The highest BCUT2D eigenvalue weighted by Crippen LogP contribution is 2.35. The van der Waals surface area contributed by atoms with Crippen LogP contribution in [0.5, 0.6) is 5.75 Å². The van der Waals surface area contributed by atoms with Crippen LogP contribution in [-0.4, -0.2) is 6.61 Å². The molecule has 6 heteroatoms. The lowest BCUT2D eigenvalue weighted by atomic mass is 10.1. The number of nitrogen functional groups attached to an aromatic ring is 1. The Hall–Kier alpha value is -2.37. The third kappa shape index (κ3) is 3.81. The number of nitrogens with two attached hydrogens (primary N) is 1. The van der Waals surface area contributed by atoms with Crippen LogP contribution in [0.25, 0.3) is 0 Å². The summed E-state index contributed by atoms with van der Waals surface area (Å²) in [6.07, 6.45) is -4.47. The van der Waals surface area contributed by atoms with Gasteiger partial charge in [0.1, 0.15) is 5.75 Å². The number of alkyl halides is 3. The van der Waals surface area contributed by atoms with Gasteiger partial charge in [0.2, 0.25) is 0 Å². The predicted octanol–water partition coefficient (Wildman–Crippen LogP) is 4.43. The Balaban J connectivity index is 2.20. The van der Waals surface area contributed by atoms with Crippen LogP contribution in [0, 0.1) is 0 Å². The molecule has 2 aromatic carbocycles. The van der Waals surface area contributed by atoms with Gasteiger partial charge in [-0.1, -0.05) is 0 Å². The molecule has 0 aromatic heterocycles. The van der Waals surface area contributed by atoms with Gasteiger partial charge in [-0.05, 0) is 49.4 Å². The predicted molar refractivity (Wildman–Crippen MR) is 76.8 cm³/mol. The highest BCUT2D eigenvalue weighted by atomic mass is 19.4. The van der Waals surface area contributed by atoms with Crippen LogP contribution in [0.4, 0.5) is 30.2 Å². The summed E-state index contributed by atoms with van der Waals surface area (Å²) < 4.78 is 43.6. The molecule has 0 aliphatic rings. The molecule has 0 aliphatic heterocycles. The van der Waals surface area contributed by atoms with Gasteiger partial charge < -0.3 is 15.8 Å². The average Bonchev–Trinajstić information content (AvgIpc) is 2.42. The first-order chi connectivity index (χ1) is 9.90. The first-order valence-corrected chi connectivity index (χ1v) is 6.36. The second-order valence-corrected chi connectivity index (χ2v) is 4.38. The minimum Gasteiger partial charge on any atom is -0.494 e. The van der Waals surface area contributed by atoms with Crippen molar-refractivity contribution in [3.05, 3.63) is 48.0 Å². The van der Waals surface area contributed by atoms with E-state index in [4.69, 9.17) is 10.5 Å². The van der Waals surface area contributed by atoms with Gasteiger partial charge in [-0.15, -0.1) is 0 Å². The van der Waals surface area contributed by atoms with Crippen molar-refractivity contribution < 1.29 is 17.9 Å². The second-order valence-electron chi connectivity index (χ2n) is 4.38. The zero-order valence-corrected chi connectivity index (χ0v) is 11.4. The number of benzene rings is 2. The largest absolute Gasteiger partial charge is 0.494 e. The van der Waals surface area contributed by atoms with Crippen LogP contribution in [0.1, 0.15) is 12.5 Å². The highest BCUT2D eigenvalue weighted by molar-refractivity contribution is 5.65. The van der Waals surface area contributed by atoms with Crippen molar-refractivity contribution in [1.82, 2.24) is 0 Å². The average molecular weight is 296 g/mol. The van der Waals surface area contributed by atoms with E-state index in [2.05, 4.69) is 5.32 Å². The van der Waals surface area contributed by atoms with Gasteiger partial charge in [-0.3, -0.25) is 0 Å². The summed E-state index contributed by atoms with van der Waals surface area (Å²) in [5.74, 6) is 0.705. The lowest BCUT2D eigenvalue weighted by Gasteiger charge is -2.13. The van der Waals surface area contributed by atoms with Gasteiger partial charge in [0.25, 0.3) is 0 Å². The van der Waals surface area contributed by atoms with Gasteiger partial charge in [0.15, 0.2) is 0 Å². The summed E-state index contributed by atoms with van der Waals surface area (Å²) in [5, 5.41) is 2.90. The molecular formula is C15H15F3N2O. The number of hydrogen-bond acceptors (Lipinski definition) is 3. The van der Waals surface area contributed by atoms with Crippen LogP contribution in [-0.2, 0) is 6.18 Å². The molecule has 3 N–H and O–H groups in total. The van der Waals surface area contributed by atoms with Gasteiger partial charge in [0, 0.05) is 17.1 Å². The first kappa shape index (κ1) is 15.0. The van der Waals surface area contributed by atoms with Crippen LogP contribution in [0.2, 0.25) is 0 Å². The Morgan fingerprint density at radius 1 is 1.05 bits per heavy atom. The van der Waals surface area contributed by atoms with Gasteiger partial charge >= 0.3 is 6.18 Å². The Kier molecular flexibility index (Phi) is 4.26. The van der Waals surface area contributed by atoms with E-state index in [0.717, 1.165) is 6.07 Å². The molecular weight excluding hydrogens is 281 g/mol. The number of nitrogens with one attached hydrogen (secondary N) is 1. The number of halogens is 3. The number of rotatable bonds is 4. The van der Waals surface area contributed by atoms with Crippen molar-refractivity contribution >= 4 is 17.1 Å². The number of anilines is 3. The van der Waals surface area contributed by atoms with Gasteiger partial charge in [-0.25, -0.2) is 0 Å². The van der Waals surface area contributed by atoms with E-state index in [-0.39, 0.29) is 5.69 Å². The zero-order valence-electron chi connectivity index (χ0n) is 11.4.